The summed E-state index contributed by atoms with van der Waals surface area (Å²) in [5.41, 5.74) is 2.97. The summed E-state index contributed by atoms with van der Waals surface area (Å²) in [5.74, 6) is 1.38. The number of pyridine rings is 2. The molecule has 4 aromatic rings. The molecule has 1 amide bonds. The number of benzene rings is 1. The summed E-state index contributed by atoms with van der Waals surface area (Å²) < 4.78 is 6.94. The lowest BCUT2D eigenvalue weighted by atomic mass is 10.1. The van der Waals surface area contributed by atoms with Crippen molar-refractivity contribution in [1.82, 2.24) is 24.6 Å². The summed E-state index contributed by atoms with van der Waals surface area (Å²) in [7, 11) is 1.58. The lowest BCUT2D eigenvalue weighted by Gasteiger charge is -2.35. The van der Waals surface area contributed by atoms with Crippen LogP contribution in [0.3, 0.4) is 0 Å². The first-order valence-corrected chi connectivity index (χ1v) is 11.8. The maximum atomic E-state index is 13.4. The van der Waals surface area contributed by atoms with E-state index in [1.807, 2.05) is 79.4 Å². The Kier molecular flexibility index (Phi) is 7.72. The highest BCUT2D eigenvalue weighted by Crippen LogP contribution is 2.25. The largest absolute Gasteiger partial charge is 0.481 e. The standard InChI is InChI=1S/C25H24N6O2.C2H6/c1-33-24-11-10-20(18-27-24)31-22(19-7-3-2-4-8-19)17-21(28-31)25(32)30-15-13-29(14-16-30)23-9-5-6-12-26-23;1-2/h2-12,17-18H,13-16H2,1H3;1-2H3. The smallest absolute Gasteiger partial charge is 0.274 e. The highest BCUT2D eigenvalue weighted by molar-refractivity contribution is 5.94. The van der Waals surface area contributed by atoms with Gasteiger partial charge in [-0.15, -0.1) is 0 Å². The van der Waals surface area contributed by atoms with Crippen molar-refractivity contribution in [2.45, 2.75) is 13.8 Å². The Bertz CT molecular complexity index is 1220. The van der Waals surface area contributed by atoms with Crippen LogP contribution in [0.4, 0.5) is 5.82 Å². The molecule has 0 unspecified atom stereocenters. The van der Waals surface area contributed by atoms with Gasteiger partial charge in [-0.3, -0.25) is 4.79 Å². The van der Waals surface area contributed by atoms with Crippen molar-refractivity contribution in [3.05, 3.63) is 84.8 Å². The van der Waals surface area contributed by atoms with E-state index in [-0.39, 0.29) is 5.91 Å². The summed E-state index contributed by atoms with van der Waals surface area (Å²) in [6.45, 7) is 6.70. The minimum Gasteiger partial charge on any atom is -0.481 e. The summed E-state index contributed by atoms with van der Waals surface area (Å²) in [6, 6.07) is 21.3. The Balaban J connectivity index is 0.00000141. The molecular weight excluding hydrogens is 440 g/mol. The van der Waals surface area contributed by atoms with Gasteiger partial charge in [0, 0.05) is 44.0 Å². The van der Waals surface area contributed by atoms with Crippen molar-refractivity contribution in [3.63, 3.8) is 0 Å². The number of piperazine rings is 1. The first-order valence-electron chi connectivity index (χ1n) is 11.8. The molecule has 1 aromatic carbocycles. The fourth-order valence-corrected chi connectivity index (χ4v) is 3.96. The van der Waals surface area contributed by atoms with Crippen molar-refractivity contribution in [1.29, 1.82) is 0 Å². The molecule has 35 heavy (non-hydrogen) atoms. The molecule has 1 saturated heterocycles. The molecule has 3 aromatic heterocycles. The fraction of sp³-hybridized carbons (Fsp3) is 0.259. The maximum Gasteiger partial charge on any atom is 0.274 e. The van der Waals surface area contributed by atoms with Crippen LogP contribution in [0.15, 0.2) is 79.1 Å². The minimum atomic E-state index is -0.0759. The van der Waals surface area contributed by atoms with Crippen LogP contribution in [-0.2, 0) is 0 Å². The predicted octanol–water partition coefficient (Wildman–Crippen LogP) is 4.33. The van der Waals surface area contributed by atoms with Crippen molar-refractivity contribution < 1.29 is 9.53 Å². The lowest BCUT2D eigenvalue weighted by molar-refractivity contribution is 0.0740. The first kappa shape index (κ1) is 23.9. The molecule has 0 saturated carbocycles. The molecular formula is C27H30N6O2. The number of carbonyl (C=O) groups is 1. The molecule has 0 radical (unpaired) electrons. The van der Waals surface area contributed by atoms with Gasteiger partial charge >= 0.3 is 0 Å². The van der Waals surface area contributed by atoms with Crippen LogP contribution < -0.4 is 9.64 Å². The van der Waals surface area contributed by atoms with Gasteiger partial charge in [-0.2, -0.15) is 5.10 Å². The van der Waals surface area contributed by atoms with Gasteiger partial charge in [0.2, 0.25) is 5.88 Å². The van der Waals surface area contributed by atoms with Crippen LogP contribution in [0.25, 0.3) is 16.9 Å². The van der Waals surface area contributed by atoms with Crippen LogP contribution >= 0.6 is 0 Å². The Hall–Kier alpha value is -4.20. The highest BCUT2D eigenvalue weighted by atomic mass is 16.5. The van der Waals surface area contributed by atoms with Crippen molar-refractivity contribution in [2.24, 2.45) is 0 Å². The van der Waals surface area contributed by atoms with Gasteiger partial charge in [0.05, 0.1) is 24.7 Å². The van der Waals surface area contributed by atoms with Crippen LogP contribution in [0, 0.1) is 0 Å². The van der Waals surface area contributed by atoms with E-state index in [0.717, 1.165) is 35.9 Å². The van der Waals surface area contributed by atoms with E-state index in [2.05, 4.69) is 20.0 Å². The van der Waals surface area contributed by atoms with E-state index in [4.69, 9.17) is 4.74 Å². The molecule has 4 heterocycles. The summed E-state index contributed by atoms with van der Waals surface area (Å²) in [5, 5.41) is 4.68. The fourth-order valence-electron chi connectivity index (χ4n) is 3.96. The Morgan fingerprint density at radius 3 is 2.26 bits per heavy atom. The van der Waals surface area contributed by atoms with Crippen molar-refractivity contribution in [3.8, 4) is 22.8 Å². The zero-order chi connectivity index (χ0) is 24.6. The number of hydrogen-bond acceptors (Lipinski definition) is 6. The van der Waals surface area contributed by atoms with E-state index < -0.39 is 0 Å². The molecule has 1 aliphatic rings. The number of hydrogen-bond donors (Lipinski definition) is 0. The second-order valence-corrected chi connectivity index (χ2v) is 7.72. The van der Waals surface area contributed by atoms with E-state index in [9.17, 15) is 4.79 Å². The van der Waals surface area contributed by atoms with Crippen LogP contribution in [0.1, 0.15) is 24.3 Å². The van der Waals surface area contributed by atoms with E-state index >= 15 is 0 Å². The number of ether oxygens (including phenoxy) is 1. The van der Waals surface area contributed by atoms with E-state index in [0.29, 0.717) is 24.7 Å². The van der Waals surface area contributed by atoms with Crippen molar-refractivity contribution >= 4 is 11.7 Å². The Morgan fingerprint density at radius 1 is 0.886 bits per heavy atom. The summed E-state index contributed by atoms with van der Waals surface area (Å²) >= 11 is 0. The third-order valence-corrected chi connectivity index (χ3v) is 5.71. The maximum absolute atomic E-state index is 13.4. The SMILES string of the molecule is CC.COc1ccc(-n2nc(C(=O)N3CCN(c4ccccn4)CC3)cc2-c2ccccc2)cn1. The second kappa shape index (κ2) is 11.3. The van der Waals surface area contributed by atoms with Crippen LogP contribution in [-0.4, -0.2) is 63.8 Å². The van der Waals surface area contributed by atoms with Gasteiger partial charge in [-0.25, -0.2) is 14.6 Å². The van der Waals surface area contributed by atoms with Gasteiger partial charge < -0.3 is 14.5 Å². The minimum absolute atomic E-state index is 0.0759. The monoisotopic (exact) mass is 470 g/mol. The zero-order valence-electron chi connectivity index (χ0n) is 20.3. The Morgan fingerprint density at radius 2 is 1.63 bits per heavy atom. The molecule has 8 heteroatoms. The number of rotatable bonds is 5. The van der Waals surface area contributed by atoms with Gasteiger partial charge in [-0.05, 0) is 24.3 Å². The normalized spacial score (nSPS) is 13.1. The van der Waals surface area contributed by atoms with E-state index in [1.165, 1.54) is 0 Å². The first-order chi connectivity index (χ1) is 17.2. The number of nitrogens with zero attached hydrogens (tertiary/aromatic N) is 6. The lowest BCUT2D eigenvalue weighted by Crippen LogP contribution is -2.49. The van der Waals surface area contributed by atoms with Crippen LogP contribution in [0.5, 0.6) is 5.88 Å². The molecule has 5 rings (SSSR count). The molecule has 0 N–H and O–H groups in total. The average Bonchev–Trinajstić information content (AvgIpc) is 3.40. The zero-order valence-corrected chi connectivity index (χ0v) is 20.3. The molecule has 0 aliphatic carbocycles. The van der Waals surface area contributed by atoms with E-state index in [1.54, 1.807) is 30.3 Å². The van der Waals surface area contributed by atoms with Gasteiger partial charge in [0.15, 0.2) is 5.69 Å². The summed E-state index contributed by atoms with van der Waals surface area (Å²) in [4.78, 5) is 26.1. The third-order valence-electron chi connectivity index (χ3n) is 5.71. The number of anilines is 1. The number of carbonyl (C=O) groups excluding carboxylic acids is 1. The summed E-state index contributed by atoms with van der Waals surface area (Å²) in [6.07, 6.45) is 3.48. The van der Waals surface area contributed by atoms with Crippen molar-refractivity contribution in [2.75, 3.05) is 38.2 Å². The quantitative estimate of drug-likeness (QED) is 0.432. The van der Waals surface area contributed by atoms with Gasteiger partial charge in [-0.1, -0.05) is 50.2 Å². The van der Waals surface area contributed by atoms with Gasteiger partial charge in [0.1, 0.15) is 5.82 Å². The molecule has 1 aliphatic heterocycles. The topological polar surface area (TPSA) is 76.4 Å². The number of aromatic nitrogens is 4. The molecule has 0 spiro atoms. The highest BCUT2D eigenvalue weighted by Gasteiger charge is 2.26. The van der Waals surface area contributed by atoms with Gasteiger partial charge in [0.25, 0.3) is 5.91 Å². The third kappa shape index (κ3) is 5.32. The average molecular weight is 471 g/mol. The molecule has 180 valence electrons. The predicted molar refractivity (Wildman–Crippen MR) is 137 cm³/mol. The molecule has 0 atom stereocenters. The molecule has 8 nitrogen and oxygen atoms in total. The number of methoxy groups -OCH3 is 1. The molecule has 0 bridgehead atoms. The Labute approximate surface area is 205 Å². The molecule has 1 fully saturated rings. The number of amides is 1. The second-order valence-electron chi connectivity index (χ2n) is 7.72. The van der Waals surface area contributed by atoms with Crippen LogP contribution in [0.2, 0.25) is 0 Å².